The lowest BCUT2D eigenvalue weighted by molar-refractivity contribution is 0.0697. The van der Waals surface area contributed by atoms with Gasteiger partial charge in [-0.25, -0.2) is 9.78 Å². The number of H-pyrrole nitrogens is 1. The normalized spacial score (nSPS) is 10.7. The number of rotatable bonds is 1. The van der Waals surface area contributed by atoms with Gasteiger partial charge >= 0.3 is 5.97 Å². The molecule has 1 aromatic heterocycles. The number of imidazole rings is 1. The summed E-state index contributed by atoms with van der Waals surface area (Å²) in [6, 6.07) is 3.07. The highest BCUT2D eigenvalue weighted by Crippen LogP contribution is 2.25. The Labute approximate surface area is 95.6 Å². The average Bonchev–Trinajstić information content (AvgIpc) is 2.45. The van der Waals surface area contributed by atoms with E-state index in [1.165, 1.54) is 6.07 Å². The monoisotopic (exact) mass is 318 g/mol. The van der Waals surface area contributed by atoms with Crippen LogP contribution in [-0.4, -0.2) is 21.0 Å². The molecule has 2 rings (SSSR count). The van der Waals surface area contributed by atoms with Crippen LogP contribution in [0.2, 0.25) is 0 Å². The van der Waals surface area contributed by atoms with Gasteiger partial charge in [-0.15, -0.1) is 0 Å². The van der Waals surface area contributed by atoms with Gasteiger partial charge in [-0.05, 0) is 44.0 Å². The Morgan fingerprint density at radius 2 is 2.14 bits per heavy atom. The first-order chi connectivity index (χ1) is 6.58. The Bertz CT molecular complexity index is 521. The summed E-state index contributed by atoms with van der Waals surface area (Å²) in [7, 11) is 0. The summed E-state index contributed by atoms with van der Waals surface area (Å²) in [4.78, 5) is 17.8. The van der Waals surface area contributed by atoms with Crippen molar-refractivity contribution in [1.82, 2.24) is 9.97 Å². The Kier molecular flexibility index (Phi) is 2.32. The molecule has 2 N–H and O–H groups in total. The highest BCUT2D eigenvalue weighted by molar-refractivity contribution is 9.11. The molecule has 0 aliphatic heterocycles. The third kappa shape index (κ3) is 1.55. The topological polar surface area (TPSA) is 66.0 Å². The fourth-order valence-corrected chi connectivity index (χ4v) is 2.11. The van der Waals surface area contributed by atoms with E-state index in [4.69, 9.17) is 5.11 Å². The number of aromatic carboxylic acids is 1. The van der Waals surface area contributed by atoms with Crippen LogP contribution in [0.25, 0.3) is 11.0 Å². The lowest BCUT2D eigenvalue weighted by atomic mass is 10.2. The van der Waals surface area contributed by atoms with Crippen LogP contribution in [0.15, 0.2) is 21.3 Å². The quantitative estimate of drug-likeness (QED) is 0.849. The van der Waals surface area contributed by atoms with Crippen molar-refractivity contribution in [2.24, 2.45) is 0 Å². The van der Waals surface area contributed by atoms with Crippen molar-refractivity contribution in [3.05, 3.63) is 26.9 Å². The standard InChI is InChI=1S/C8H4Br2N2O2/c9-4-1-3(7(13)14)2-5-6(4)12-8(10)11-5/h1-2H,(H,11,12)(H,13,14). The lowest BCUT2D eigenvalue weighted by Crippen LogP contribution is -1.95. The zero-order valence-corrected chi connectivity index (χ0v) is 9.89. The van der Waals surface area contributed by atoms with E-state index in [1.54, 1.807) is 6.07 Å². The molecule has 0 saturated carbocycles. The predicted octanol–water partition coefficient (Wildman–Crippen LogP) is 2.79. The maximum atomic E-state index is 10.7. The summed E-state index contributed by atoms with van der Waals surface area (Å²) in [6.07, 6.45) is 0. The first kappa shape index (κ1) is 9.67. The minimum atomic E-state index is -0.960. The number of halogens is 2. The molecule has 2 aromatic rings. The first-order valence-electron chi connectivity index (χ1n) is 3.66. The van der Waals surface area contributed by atoms with Gasteiger partial charge < -0.3 is 10.1 Å². The zero-order valence-electron chi connectivity index (χ0n) is 6.71. The number of carbonyl (C=O) groups is 1. The van der Waals surface area contributed by atoms with Crippen molar-refractivity contribution in [3.8, 4) is 0 Å². The summed E-state index contributed by atoms with van der Waals surface area (Å²) >= 11 is 6.45. The van der Waals surface area contributed by atoms with Crippen molar-refractivity contribution in [3.63, 3.8) is 0 Å². The van der Waals surface area contributed by atoms with Gasteiger partial charge in [-0.3, -0.25) is 0 Å². The second kappa shape index (κ2) is 3.36. The fraction of sp³-hybridized carbons (Fsp3) is 0. The molecule has 0 fully saturated rings. The van der Waals surface area contributed by atoms with Crippen molar-refractivity contribution < 1.29 is 9.90 Å². The number of hydrogen-bond donors (Lipinski definition) is 2. The van der Waals surface area contributed by atoms with E-state index in [9.17, 15) is 4.79 Å². The van der Waals surface area contributed by atoms with Crippen LogP contribution in [0.5, 0.6) is 0 Å². The molecular weight excluding hydrogens is 316 g/mol. The minimum Gasteiger partial charge on any atom is -0.478 e. The van der Waals surface area contributed by atoms with Crippen LogP contribution in [0.3, 0.4) is 0 Å². The fourth-order valence-electron chi connectivity index (χ4n) is 1.17. The van der Waals surface area contributed by atoms with Crippen LogP contribution >= 0.6 is 31.9 Å². The van der Waals surface area contributed by atoms with Gasteiger partial charge in [-0.2, -0.15) is 0 Å². The van der Waals surface area contributed by atoms with Gasteiger partial charge in [0.25, 0.3) is 0 Å². The van der Waals surface area contributed by atoms with E-state index in [0.29, 0.717) is 20.2 Å². The third-order valence-electron chi connectivity index (χ3n) is 1.76. The smallest absolute Gasteiger partial charge is 0.335 e. The van der Waals surface area contributed by atoms with Crippen molar-refractivity contribution in [2.45, 2.75) is 0 Å². The Morgan fingerprint density at radius 1 is 1.43 bits per heavy atom. The van der Waals surface area contributed by atoms with E-state index in [1.807, 2.05) is 0 Å². The molecule has 0 saturated heterocycles. The van der Waals surface area contributed by atoms with Crippen LogP contribution < -0.4 is 0 Å². The number of benzene rings is 1. The Morgan fingerprint density at radius 3 is 2.79 bits per heavy atom. The average molecular weight is 320 g/mol. The largest absolute Gasteiger partial charge is 0.478 e. The highest BCUT2D eigenvalue weighted by atomic mass is 79.9. The number of nitrogens with one attached hydrogen (secondary N) is 1. The van der Waals surface area contributed by atoms with Gasteiger partial charge in [0.05, 0.1) is 11.1 Å². The molecule has 0 bridgehead atoms. The van der Waals surface area contributed by atoms with E-state index in [2.05, 4.69) is 41.8 Å². The summed E-state index contributed by atoms with van der Waals surface area (Å²) < 4.78 is 1.24. The van der Waals surface area contributed by atoms with Gasteiger partial charge in [0.1, 0.15) is 5.52 Å². The number of carboxylic acids is 1. The number of aromatic amines is 1. The molecular formula is C8H4Br2N2O2. The van der Waals surface area contributed by atoms with E-state index in [0.717, 1.165) is 0 Å². The molecule has 6 heteroatoms. The van der Waals surface area contributed by atoms with E-state index < -0.39 is 5.97 Å². The molecule has 1 aromatic carbocycles. The van der Waals surface area contributed by atoms with Gasteiger partial charge in [-0.1, -0.05) is 0 Å². The van der Waals surface area contributed by atoms with Gasteiger partial charge in [0.15, 0.2) is 4.73 Å². The van der Waals surface area contributed by atoms with E-state index >= 15 is 0 Å². The number of carboxylic acid groups (broad SMARTS) is 1. The van der Waals surface area contributed by atoms with Crippen molar-refractivity contribution in [2.75, 3.05) is 0 Å². The van der Waals surface area contributed by atoms with Crippen molar-refractivity contribution in [1.29, 1.82) is 0 Å². The van der Waals surface area contributed by atoms with Gasteiger partial charge in [0, 0.05) is 4.47 Å². The second-order valence-electron chi connectivity index (χ2n) is 2.69. The highest BCUT2D eigenvalue weighted by Gasteiger charge is 2.10. The first-order valence-corrected chi connectivity index (χ1v) is 5.24. The maximum absolute atomic E-state index is 10.7. The number of fused-ring (bicyclic) bond motifs is 1. The summed E-state index contributed by atoms with van der Waals surface area (Å²) in [5.74, 6) is -0.960. The Hall–Kier alpha value is -0.880. The minimum absolute atomic E-state index is 0.223. The molecule has 0 aliphatic carbocycles. The maximum Gasteiger partial charge on any atom is 0.335 e. The number of aromatic nitrogens is 2. The zero-order chi connectivity index (χ0) is 10.3. The molecule has 0 radical (unpaired) electrons. The molecule has 0 atom stereocenters. The van der Waals surface area contributed by atoms with Crippen LogP contribution in [0, 0.1) is 0 Å². The molecule has 0 aliphatic rings. The number of hydrogen-bond acceptors (Lipinski definition) is 2. The second-order valence-corrected chi connectivity index (χ2v) is 4.29. The molecule has 0 unspecified atom stereocenters. The summed E-state index contributed by atoms with van der Waals surface area (Å²) in [5.41, 5.74) is 1.62. The SMILES string of the molecule is O=C(O)c1cc(Br)c2nc(Br)[nH]c2c1. The van der Waals surface area contributed by atoms with Crippen LogP contribution in [-0.2, 0) is 0 Å². The summed E-state index contributed by atoms with van der Waals surface area (Å²) in [6.45, 7) is 0. The van der Waals surface area contributed by atoms with Crippen molar-refractivity contribution >= 4 is 48.9 Å². The predicted molar refractivity (Wildman–Crippen MR) is 58.5 cm³/mol. The molecule has 1 heterocycles. The van der Waals surface area contributed by atoms with E-state index in [-0.39, 0.29) is 5.56 Å². The molecule has 14 heavy (non-hydrogen) atoms. The van der Waals surface area contributed by atoms with Crippen LogP contribution in [0.1, 0.15) is 10.4 Å². The molecule has 4 nitrogen and oxygen atoms in total. The molecule has 72 valence electrons. The third-order valence-corrected chi connectivity index (χ3v) is 2.74. The number of nitrogens with zero attached hydrogens (tertiary/aromatic N) is 1. The lowest BCUT2D eigenvalue weighted by Gasteiger charge is -1.96. The molecule has 0 amide bonds. The molecule has 0 spiro atoms. The van der Waals surface area contributed by atoms with Gasteiger partial charge in [0.2, 0.25) is 0 Å². The summed E-state index contributed by atoms with van der Waals surface area (Å²) in [5, 5.41) is 8.81. The van der Waals surface area contributed by atoms with Crippen LogP contribution in [0.4, 0.5) is 0 Å². The Balaban J connectivity index is 2.77.